The van der Waals surface area contributed by atoms with Gasteiger partial charge in [-0.2, -0.15) is 4.68 Å². The summed E-state index contributed by atoms with van der Waals surface area (Å²) in [6, 6.07) is 5.77. The molecule has 1 unspecified atom stereocenters. The molecule has 0 saturated heterocycles. The van der Waals surface area contributed by atoms with Gasteiger partial charge in [0.2, 0.25) is 0 Å². The monoisotopic (exact) mass is 249 g/mol. The van der Waals surface area contributed by atoms with E-state index in [1.165, 1.54) is 11.0 Å². The van der Waals surface area contributed by atoms with E-state index < -0.39 is 6.10 Å². The molecule has 0 aliphatic carbocycles. The van der Waals surface area contributed by atoms with Gasteiger partial charge in [0.1, 0.15) is 6.33 Å². The average Bonchev–Trinajstić information content (AvgIpc) is 2.89. The van der Waals surface area contributed by atoms with Gasteiger partial charge in [-0.25, -0.2) is 0 Å². The maximum absolute atomic E-state index is 9.35. The van der Waals surface area contributed by atoms with Gasteiger partial charge in [0.05, 0.1) is 24.1 Å². The van der Waals surface area contributed by atoms with Crippen molar-refractivity contribution in [2.75, 3.05) is 18.5 Å². The van der Waals surface area contributed by atoms with Crippen molar-refractivity contribution >= 4 is 5.69 Å². The third kappa shape index (κ3) is 2.82. The summed E-state index contributed by atoms with van der Waals surface area (Å²) in [6.07, 6.45) is 0.699. The van der Waals surface area contributed by atoms with Crippen LogP contribution in [0, 0.1) is 6.92 Å². The highest BCUT2D eigenvalue weighted by atomic mass is 16.3. The molecular weight excluding hydrogens is 234 g/mol. The number of benzene rings is 1. The van der Waals surface area contributed by atoms with Crippen molar-refractivity contribution in [3.8, 4) is 5.69 Å². The molecule has 1 heterocycles. The molecule has 0 aliphatic heterocycles. The van der Waals surface area contributed by atoms with Gasteiger partial charge in [-0.3, -0.25) is 0 Å². The second-order valence-electron chi connectivity index (χ2n) is 3.99. The van der Waals surface area contributed by atoms with Gasteiger partial charge in [-0.1, -0.05) is 6.07 Å². The summed E-state index contributed by atoms with van der Waals surface area (Å²) >= 11 is 0. The molecule has 0 bridgehead atoms. The molecule has 1 aromatic carbocycles. The number of rotatable bonds is 5. The first-order chi connectivity index (χ1) is 8.70. The Morgan fingerprint density at radius 3 is 2.94 bits per heavy atom. The summed E-state index contributed by atoms with van der Waals surface area (Å²) in [5.41, 5.74) is 2.67. The lowest BCUT2D eigenvalue weighted by Gasteiger charge is -2.14. The van der Waals surface area contributed by atoms with Crippen LogP contribution in [0.4, 0.5) is 5.69 Å². The van der Waals surface area contributed by atoms with Crippen LogP contribution in [-0.4, -0.2) is 49.7 Å². The molecule has 96 valence electrons. The molecule has 0 aliphatic rings. The molecule has 0 amide bonds. The van der Waals surface area contributed by atoms with Crippen molar-refractivity contribution in [3.05, 3.63) is 30.1 Å². The van der Waals surface area contributed by atoms with E-state index in [1.807, 2.05) is 25.1 Å². The molecule has 7 nitrogen and oxygen atoms in total. The Balaban J connectivity index is 2.24. The Bertz CT molecular complexity index is 500. The van der Waals surface area contributed by atoms with E-state index in [0.717, 1.165) is 16.9 Å². The largest absolute Gasteiger partial charge is 0.394 e. The molecule has 1 aromatic heterocycles. The normalized spacial score (nSPS) is 12.4. The zero-order chi connectivity index (χ0) is 13.0. The van der Waals surface area contributed by atoms with Crippen molar-refractivity contribution in [1.82, 2.24) is 20.2 Å². The number of aliphatic hydroxyl groups is 2. The minimum absolute atomic E-state index is 0.259. The highest BCUT2D eigenvalue weighted by Gasteiger charge is 2.08. The summed E-state index contributed by atoms with van der Waals surface area (Å²) in [4.78, 5) is 0. The summed E-state index contributed by atoms with van der Waals surface area (Å²) in [5, 5.41) is 32.2. The molecular formula is C11H15N5O2. The van der Waals surface area contributed by atoms with Gasteiger partial charge in [-0.05, 0) is 35.0 Å². The zero-order valence-electron chi connectivity index (χ0n) is 9.98. The number of anilines is 1. The molecule has 1 atom stereocenters. The zero-order valence-corrected chi connectivity index (χ0v) is 9.98. The molecule has 0 radical (unpaired) electrons. The fraction of sp³-hybridized carbons (Fsp3) is 0.364. The maximum atomic E-state index is 9.35. The molecule has 0 spiro atoms. The average molecular weight is 249 g/mol. The van der Waals surface area contributed by atoms with E-state index in [1.54, 1.807) is 0 Å². The predicted octanol–water partition coefficient (Wildman–Crippen LogP) is -0.264. The summed E-state index contributed by atoms with van der Waals surface area (Å²) < 4.78 is 1.53. The molecule has 2 aromatic rings. The van der Waals surface area contributed by atoms with Crippen molar-refractivity contribution in [3.63, 3.8) is 0 Å². The summed E-state index contributed by atoms with van der Waals surface area (Å²) in [7, 11) is 0. The Kier molecular flexibility index (Phi) is 3.85. The Morgan fingerprint density at radius 1 is 1.44 bits per heavy atom. The molecule has 0 fully saturated rings. The number of nitrogens with zero attached hydrogens (tertiary/aromatic N) is 4. The number of hydrogen-bond acceptors (Lipinski definition) is 6. The highest BCUT2D eigenvalue weighted by molar-refractivity contribution is 5.61. The van der Waals surface area contributed by atoms with Crippen LogP contribution >= 0.6 is 0 Å². The van der Waals surface area contributed by atoms with E-state index in [0.29, 0.717) is 0 Å². The third-order valence-corrected chi connectivity index (χ3v) is 2.49. The Hall–Kier alpha value is -1.99. The number of aromatic nitrogens is 4. The van der Waals surface area contributed by atoms with Crippen molar-refractivity contribution in [1.29, 1.82) is 0 Å². The van der Waals surface area contributed by atoms with E-state index in [2.05, 4.69) is 20.8 Å². The second kappa shape index (κ2) is 5.56. The number of hydrogen-bond donors (Lipinski definition) is 3. The van der Waals surface area contributed by atoms with Gasteiger partial charge in [0.25, 0.3) is 0 Å². The lowest BCUT2D eigenvalue weighted by Crippen LogP contribution is -2.23. The van der Waals surface area contributed by atoms with E-state index in [4.69, 9.17) is 5.11 Å². The van der Waals surface area contributed by atoms with Gasteiger partial charge in [0.15, 0.2) is 0 Å². The first-order valence-electron chi connectivity index (χ1n) is 5.57. The standard InChI is InChI=1S/C11H15N5O2/c1-8-2-3-11(16-7-13-14-15-16)10(4-8)12-5-9(18)6-17/h2-4,7,9,12,17-18H,5-6H2,1H3. The van der Waals surface area contributed by atoms with Crippen molar-refractivity contribution in [2.45, 2.75) is 13.0 Å². The summed E-state index contributed by atoms with van der Waals surface area (Å²) in [6.45, 7) is 1.95. The predicted molar refractivity (Wildman–Crippen MR) is 65.5 cm³/mol. The van der Waals surface area contributed by atoms with Crippen molar-refractivity contribution in [2.24, 2.45) is 0 Å². The third-order valence-electron chi connectivity index (χ3n) is 2.49. The lowest BCUT2D eigenvalue weighted by atomic mass is 10.2. The Labute approximate surface area is 104 Å². The SMILES string of the molecule is Cc1ccc(-n2cnnn2)c(NCC(O)CO)c1. The van der Waals surface area contributed by atoms with Gasteiger partial charge in [0, 0.05) is 6.54 Å². The van der Waals surface area contributed by atoms with Crippen LogP contribution < -0.4 is 5.32 Å². The topological polar surface area (TPSA) is 96.1 Å². The van der Waals surface area contributed by atoms with Gasteiger partial charge < -0.3 is 15.5 Å². The van der Waals surface area contributed by atoms with Crippen LogP contribution in [0.3, 0.4) is 0 Å². The van der Waals surface area contributed by atoms with E-state index in [-0.39, 0.29) is 13.2 Å². The molecule has 7 heteroatoms. The van der Waals surface area contributed by atoms with E-state index in [9.17, 15) is 5.11 Å². The first-order valence-corrected chi connectivity index (χ1v) is 5.57. The number of tetrazole rings is 1. The lowest BCUT2D eigenvalue weighted by molar-refractivity contribution is 0.105. The fourth-order valence-corrected chi connectivity index (χ4v) is 1.56. The van der Waals surface area contributed by atoms with Crippen LogP contribution in [-0.2, 0) is 0 Å². The molecule has 0 saturated carbocycles. The van der Waals surface area contributed by atoms with Crippen LogP contribution in [0.5, 0.6) is 0 Å². The Morgan fingerprint density at radius 2 is 2.28 bits per heavy atom. The van der Waals surface area contributed by atoms with E-state index >= 15 is 0 Å². The number of nitrogens with one attached hydrogen (secondary N) is 1. The minimum atomic E-state index is -0.799. The molecule has 3 N–H and O–H groups in total. The maximum Gasteiger partial charge on any atom is 0.143 e. The second-order valence-corrected chi connectivity index (χ2v) is 3.99. The smallest absolute Gasteiger partial charge is 0.143 e. The highest BCUT2D eigenvalue weighted by Crippen LogP contribution is 2.20. The quantitative estimate of drug-likeness (QED) is 0.675. The van der Waals surface area contributed by atoms with Gasteiger partial charge >= 0.3 is 0 Å². The first kappa shape index (κ1) is 12.5. The van der Waals surface area contributed by atoms with Crippen LogP contribution in [0.25, 0.3) is 5.69 Å². The van der Waals surface area contributed by atoms with Gasteiger partial charge in [-0.15, -0.1) is 5.10 Å². The number of aliphatic hydroxyl groups excluding tert-OH is 2. The van der Waals surface area contributed by atoms with Crippen molar-refractivity contribution < 1.29 is 10.2 Å². The molecule has 18 heavy (non-hydrogen) atoms. The summed E-state index contributed by atoms with van der Waals surface area (Å²) in [5.74, 6) is 0. The van der Waals surface area contributed by atoms with Crippen LogP contribution in [0.1, 0.15) is 5.56 Å². The number of aryl methyl sites for hydroxylation is 1. The fourth-order valence-electron chi connectivity index (χ4n) is 1.56. The van der Waals surface area contributed by atoms with Crippen LogP contribution in [0.2, 0.25) is 0 Å². The van der Waals surface area contributed by atoms with Crippen LogP contribution in [0.15, 0.2) is 24.5 Å². The minimum Gasteiger partial charge on any atom is -0.394 e. The molecule has 2 rings (SSSR count).